The summed E-state index contributed by atoms with van der Waals surface area (Å²) >= 11 is 0.679. The predicted octanol–water partition coefficient (Wildman–Crippen LogP) is 3.63. The molecule has 0 saturated heterocycles. The molecule has 0 radical (unpaired) electrons. The van der Waals surface area contributed by atoms with Crippen LogP contribution in [0.25, 0.3) is 0 Å². The summed E-state index contributed by atoms with van der Waals surface area (Å²) in [4.78, 5) is 4.03. The average Bonchev–Trinajstić information content (AvgIpc) is 2.82. The van der Waals surface area contributed by atoms with E-state index in [0.717, 1.165) is 12.8 Å². The van der Waals surface area contributed by atoms with Crippen LogP contribution >= 0.6 is 11.3 Å². The fourth-order valence-electron chi connectivity index (χ4n) is 1.90. The lowest BCUT2D eigenvalue weighted by Crippen LogP contribution is -2.32. The van der Waals surface area contributed by atoms with Gasteiger partial charge in [0.25, 0.3) is 0 Å². The number of thiazole rings is 1. The molecular weight excluding hydrogens is 277 g/mol. The lowest BCUT2D eigenvalue weighted by Gasteiger charge is -2.25. The Kier molecular flexibility index (Phi) is 6.22. The fraction of sp³-hybridized carbons (Fsp3) is 0.750. The number of nitrogens with one attached hydrogen (secondary N) is 1. The number of rotatable bonds is 7. The lowest BCUT2D eigenvalue weighted by molar-refractivity contribution is -0.137. The van der Waals surface area contributed by atoms with Crippen molar-refractivity contribution in [2.24, 2.45) is 0 Å². The summed E-state index contributed by atoms with van der Waals surface area (Å²) in [6.07, 6.45) is -1.54. The summed E-state index contributed by atoms with van der Waals surface area (Å²) in [5.74, 6) is 0. The summed E-state index contributed by atoms with van der Waals surface area (Å²) in [6.45, 7) is 4.59. The van der Waals surface area contributed by atoms with Crippen LogP contribution in [0.3, 0.4) is 0 Å². The second kappa shape index (κ2) is 7.21. The van der Waals surface area contributed by atoms with Crippen LogP contribution in [0.1, 0.15) is 42.6 Å². The highest BCUT2D eigenvalue weighted by molar-refractivity contribution is 7.11. The van der Waals surface area contributed by atoms with Crippen LogP contribution in [0.15, 0.2) is 6.20 Å². The third-order valence-corrected chi connectivity index (χ3v) is 3.87. The van der Waals surface area contributed by atoms with Crippen molar-refractivity contribution in [2.75, 3.05) is 13.7 Å². The molecule has 1 aromatic heterocycles. The first-order valence-corrected chi connectivity index (χ1v) is 7.04. The number of methoxy groups -OCH3 is 1. The van der Waals surface area contributed by atoms with Gasteiger partial charge in [0, 0.05) is 18.2 Å². The molecule has 0 saturated carbocycles. The number of hydrogen-bond acceptors (Lipinski definition) is 4. The highest BCUT2D eigenvalue weighted by Gasteiger charge is 2.36. The van der Waals surface area contributed by atoms with Crippen LogP contribution < -0.4 is 5.32 Å². The molecule has 19 heavy (non-hydrogen) atoms. The maximum absolute atomic E-state index is 12.6. The molecule has 0 aromatic carbocycles. The first-order chi connectivity index (χ1) is 8.93. The minimum Gasteiger partial charge on any atom is -0.379 e. The van der Waals surface area contributed by atoms with Crippen molar-refractivity contribution >= 4 is 11.3 Å². The van der Waals surface area contributed by atoms with E-state index in [1.165, 1.54) is 6.20 Å². The first kappa shape index (κ1) is 16.4. The molecule has 1 heterocycles. The average molecular weight is 296 g/mol. The van der Waals surface area contributed by atoms with E-state index in [-0.39, 0.29) is 12.1 Å². The summed E-state index contributed by atoms with van der Waals surface area (Å²) in [6, 6.07) is -0.247. The summed E-state index contributed by atoms with van der Waals surface area (Å²) in [7, 11) is 1.58. The van der Waals surface area contributed by atoms with Gasteiger partial charge in [-0.1, -0.05) is 20.3 Å². The maximum Gasteiger partial charge on any atom is 0.443 e. The second-order valence-electron chi connectivity index (χ2n) is 4.16. The maximum atomic E-state index is 12.6. The van der Waals surface area contributed by atoms with Crippen molar-refractivity contribution in [2.45, 2.75) is 45.0 Å². The van der Waals surface area contributed by atoms with E-state index in [1.54, 1.807) is 7.11 Å². The molecule has 0 amide bonds. The zero-order valence-corrected chi connectivity index (χ0v) is 12.1. The van der Waals surface area contributed by atoms with Gasteiger partial charge in [-0.05, 0) is 13.0 Å². The molecule has 0 fully saturated rings. The quantitative estimate of drug-likeness (QED) is 0.834. The van der Waals surface area contributed by atoms with Crippen LogP contribution in [0, 0.1) is 0 Å². The van der Waals surface area contributed by atoms with Crippen LogP contribution in [-0.4, -0.2) is 24.7 Å². The standard InChI is InChI=1S/C12H19F3N2OS/c1-4-6-8(18-3)10(16-5-2)9-7-17-11(19-9)12(13,14)15/h7-8,10,16H,4-6H2,1-3H3. The molecular formula is C12H19F3N2OS. The van der Waals surface area contributed by atoms with Gasteiger partial charge in [0.05, 0.1) is 12.1 Å². The van der Waals surface area contributed by atoms with E-state index in [2.05, 4.69) is 10.3 Å². The van der Waals surface area contributed by atoms with E-state index in [0.29, 0.717) is 22.8 Å². The van der Waals surface area contributed by atoms with Gasteiger partial charge in [-0.25, -0.2) is 4.98 Å². The Bertz CT molecular complexity index is 381. The molecule has 0 bridgehead atoms. The highest BCUT2D eigenvalue weighted by Crippen LogP contribution is 2.35. The zero-order chi connectivity index (χ0) is 14.5. The van der Waals surface area contributed by atoms with Crippen LogP contribution in [-0.2, 0) is 10.9 Å². The summed E-state index contributed by atoms with van der Waals surface area (Å²) < 4.78 is 43.1. The number of likely N-dealkylation sites (N-methyl/N-ethyl adjacent to an activating group) is 1. The SMILES string of the molecule is CCCC(OC)C(NCC)c1cnc(C(F)(F)F)s1. The Balaban J connectivity index is 2.95. The molecule has 0 aliphatic heterocycles. The van der Waals surface area contributed by atoms with Gasteiger partial charge < -0.3 is 10.1 Å². The van der Waals surface area contributed by atoms with Gasteiger partial charge in [0.2, 0.25) is 0 Å². The van der Waals surface area contributed by atoms with Crippen LogP contribution in [0.2, 0.25) is 0 Å². The van der Waals surface area contributed by atoms with Gasteiger partial charge in [-0.15, -0.1) is 11.3 Å². The fourth-order valence-corrected chi connectivity index (χ4v) is 2.81. The summed E-state index contributed by atoms with van der Waals surface area (Å²) in [5.41, 5.74) is 0. The van der Waals surface area contributed by atoms with E-state index < -0.39 is 11.2 Å². The third kappa shape index (κ3) is 4.43. The Labute approximate surface area is 115 Å². The molecule has 0 aliphatic rings. The number of nitrogens with zero attached hydrogens (tertiary/aromatic N) is 1. The van der Waals surface area contributed by atoms with Gasteiger partial charge in [-0.3, -0.25) is 0 Å². The predicted molar refractivity (Wildman–Crippen MR) is 69.2 cm³/mol. The Morgan fingerprint density at radius 3 is 2.53 bits per heavy atom. The molecule has 0 spiro atoms. The Morgan fingerprint density at radius 1 is 1.42 bits per heavy atom. The van der Waals surface area contributed by atoms with E-state index in [4.69, 9.17) is 4.74 Å². The molecule has 2 unspecified atom stereocenters. The van der Waals surface area contributed by atoms with E-state index in [9.17, 15) is 13.2 Å². The molecule has 0 aliphatic carbocycles. The topological polar surface area (TPSA) is 34.1 Å². The van der Waals surface area contributed by atoms with Crippen molar-refractivity contribution in [3.63, 3.8) is 0 Å². The number of halogens is 3. The number of hydrogen-bond donors (Lipinski definition) is 1. The van der Waals surface area contributed by atoms with Crippen molar-refractivity contribution in [1.29, 1.82) is 0 Å². The van der Waals surface area contributed by atoms with Gasteiger partial charge in [0.15, 0.2) is 5.01 Å². The highest BCUT2D eigenvalue weighted by atomic mass is 32.1. The van der Waals surface area contributed by atoms with Gasteiger partial charge >= 0.3 is 6.18 Å². The zero-order valence-electron chi connectivity index (χ0n) is 11.3. The molecule has 1 N–H and O–H groups in total. The Hall–Kier alpha value is -0.660. The largest absolute Gasteiger partial charge is 0.443 e. The van der Waals surface area contributed by atoms with Gasteiger partial charge in [0.1, 0.15) is 0 Å². The third-order valence-electron chi connectivity index (χ3n) is 2.74. The van der Waals surface area contributed by atoms with Crippen molar-refractivity contribution in [1.82, 2.24) is 10.3 Å². The lowest BCUT2D eigenvalue weighted by atomic mass is 10.1. The minimum absolute atomic E-state index is 0.147. The number of aromatic nitrogens is 1. The first-order valence-electron chi connectivity index (χ1n) is 6.23. The van der Waals surface area contributed by atoms with E-state index >= 15 is 0 Å². The molecule has 2 atom stereocenters. The molecule has 110 valence electrons. The van der Waals surface area contributed by atoms with Crippen molar-refractivity contribution < 1.29 is 17.9 Å². The Morgan fingerprint density at radius 2 is 2.11 bits per heavy atom. The molecule has 7 heteroatoms. The second-order valence-corrected chi connectivity index (χ2v) is 5.23. The summed E-state index contributed by atoms with van der Waals surface area (Å²) in [5, 5.41) is 2.37. The van der Waals surface area contributed by atoms with Crippen molar-refractivity contribution in [3.05, 3.63) is 16.1 Å². The smallest absolute Gasteiger partial charge is 0.379 e. The molecule has 3 nitrogen and oxygen atoms in total. The van der Waals surface area contributed by atoms with E-state index in [1.807, 2.05) is 13.8 Å². The van der Waals surface area contributed by atoms with Gasteiger partial charge in [-0.2, -0.15) is 13.2 Å². The normalized spacial score (nSPS) is 15.5. The number of alkyl halides is 3. The minimum atomic E-state index is -4.38. The molecule has 1 aromatic rings. The van der Waals surface area contributed by atoms with Crippen LogP contribution in [0.4, 0.5) is 13.2 Å². The van der Waals surface area contributed by atoms with Crippen molar-refractivity contribution in [3.8, 4) is 0 Å². The number of ether oxygens (including phenoxy) is 1. The monoisotopic (exact) mass is 296 g/mol. The van der Waals surface area contributed by atoms with Crippen LogP contribution in [0.5, 0.6) is 0 Å². The molecule has 1 rings (SSSR count).